The molecule has 0 aliphatic carbocycles. The molecule has 0 aliphatic rings. The van der Waals surface area contributed by atoms with Crippen LogP contribution < -0.4 is 0 Å². The van der Waals surface area contributed by atoms with Crippen LogP contribution in [0.4, 0.5) is 11.4 Å². The van der Waals surface area contributed by atoms with Crippen molar-refractivity contribution in [2.75, 3.05) is 0 Å². The van der Waals surface area contributed by atoms with Gasteiger partial charge in [0.2, 0.25) is 0 Å². The highest BCUT2D eigenvalue weighted by molar-refractivity contribution is 6.04. The second kappa shape index (κ2) is 8.66. The van der Waals surface area contributed by atoms with Crippen molar-refractivity contribution < 1.29 is 19.2 Å². The fourth-order valence-electron chi connectivity index (χ4n) is 1.76. The maximum atomic E-state index is 11.3. The van der Waals surface area contributed by atoms with Crippen molar-refractivity contribution >= 4 is 34.5 Å². The second-order valence-corrected chi connectivity index (χ2v) is 5.20. The molecule has 126 valence electrons. The van der Waals surface area contributed by atoms with E-state index in [0.29, 0.717) is 11.4 Å². The molecule has 0 bridgehead atoms. The summed E-state index contributed by atoms with van der Waals surface area (Å²) < 4.78 is 0. The Morgan fingerprint density at radius 2 is 1.04 bits per heavy atom. The topological polar surface area (TPSA) is 118 Å². The fourth-order valence-corrected chi connectivity index (χ4v) is 1.76. The van der Waals surface area contributed by atoms with Gasteiger partial charge in [0.05, 0.1) is 11.4 Å². The van der Waals surface area contributed by atoms with E-state index in [1.807, 2.05) is 0 Å². The van der Waals surface area contributed by atoms with Gasteiger partial charge in [-0.2, -0.15) is 20.5 Å². The molecule has 8 heteroatoms. The summed E-state index contributed by atoms with van der Waals surface area (Å²) in [6.45, 7) is 5.05. The zero-order chi connectivity index (χ0) is 18.3. The van der Waals surface area contributed by atoms with Crippen LogP contribution in [0.3, 0.4) is 0 Å². The average molecular weight is 330 g/mol. The first-order valence-electron chi connectivity index (χ1n) is 7.16. The molecule has 0 unspecified atom stereocenters. The number of ketones is 4. The Balaban J connectivity index is 2.98. The minimum Gasteiger partial charge on any atom is -0.297 e. The van der Waals surface area contributed by atoms with Gasteiger partial charge < -0.3 is 0 Å². The highest BCUT2D eigenvalue weighted by Gasteiger charge is 2.19. The number of Topliss-reactive ketones (excluding diaryl/α,β-unsaturated/α-hetero) is 4. The van der Waals surface area contributed by atoms with Gasteiger partial charge >= 0.3 is 0 Å². The van der Waals surface area contributed by atoms with E-state index in [1.54, 1.807) is 18.2 Å². The summed E-state index contributed by atoms with van der Waals surface area (Å²) >= 11 is 0. The number of nitrogens with zero attached hydrogens (tertiary/aromatic N) is 4. The van der Waals surface area contributed by atoms with Crippen LogP contribution in [0.1, 0.15) is 27.7 Å². The summed E-state index contributed by atoms with van der Waals surface area (Å²) in [5.74, 6) is -1.58. The van der Waals surface area contributed by atoms with Gasteiger partial charge in [0.1, 0.15) is 0 Å². The van der Waals surface area contributed by atoms with Gasteiger partial charge in [0.15, 0.2) is 35.2 Å². The normalized spacial score (nSPS) is 11.6. The van der Waals surface area contributed by atoms with E-state index in [-0.39, 0.29) is 0 Å². The number of hydrogen-bond donors (Lipinski definition) is 0. The summed E-state index contributed by atoms with van der Waals surface area (Å²) in [7, 11) is 0. The molecule has 0 spiro atoms. The third-order valence-electron chi connectivity index (χ3n) is 2.95. The lowest BCUT2D eigenvalue weighted by Crippen LogP contribution is -2.23. The molecule has 1 aromatic carbocycles. The van der Waals surface area contributed by atoms with E-state index in [0.717, 1.165) is 0 Å². The van der Waals surface area contributed by atoms with E-state index in [2.05, 4.69) is 20.5 Å². The zero-order valence-electron chi connectivity index (χ0n) is 13.9. The molecule has 0 saturated heterocycles. The summed E-state index contributed by atoms with van der Waals surface area (Å²) in [6, 6.07) is 4.07. The predicted molar refractivity (Wildman–Crippen MR) is 85.8 cm³/mol. The molecule has 0 saturated carbocycles. The van der Waals surface area contributed by atoms with Crippen molar-refractivity contribution in [2.45, 2.75) is 39.8 Å². The standard InChI is InChI=1S/C16H18N4O4/c1-9(21)15(10(2)22)19-17-13-6-5-7-14(8-13)18-20-16(11(3)23)12(4)24/h5-8,15-16H,1-4H3. The van der Waals surface area contributed by atoms with Gasteiger partial charge in [-0.1, -0.05) is 6.07 Å². The van der Waals surface area contributed by atoms with E-state index >= 15 is 0 Å². The monoisotopic (exact) mass is 330 g/mol. The largest absolute Gasteiger partial charge is 0.297 e. The molecule has 0 atom stereocenters. The van der Waals surface area contributed by atoms with Crippen LogP contribution >= 0.6 is 0 Å². The Morgan fingerprint density at radius 3 is 1.33 bits per heavy atom. The van der Waals surface area contributed by atoms with Crippen LogP contribution in [0.25, 0.3) is 0 Å². The Kier molecular flexibility index (Phi) is 6.91. The summed E-state index contributed by atoms with van der Waals surface area (Å²) in [6.07, 6.45) is 0. The number of hydrogen-bond acceptors (Lipinski definition) is 8. The number of rotatable bonds is 8. The number of azo groups is 2. The first-order chi connectivity index (χ1) is 11.2. The van der Waals surface area contributed by atoms with Gasteiger partial charge in [0.25, 0.3) is 0 Å². The molecule has 8 nitrogen and oxygen atoms in total. The van der Waals surface area contributed by atoms with E-state index in [1.165, 1.54) is 33.8 Å². The third-order valence-corrected chi connectivity index (χ3v) is 2.95. The number of benzene rings is 1. The van der Waals surface area contributed by atoms with Gasteiger partial charge in [-0.05, 0) is 45.9 Å². The molecule has 0 aromatic heterocycles. The van der Waals surface area contributed by atoms with Crippen LogP contribution in [-0.2, 0) is 19.2 Å². The van der Waals surface area contributed by atoms with Crippen molar-refractivity contribution in [3.8, 4) is 0 Å². The van der Waals surface area contributed by atoms with Crippen molar-refractivity contribution in [1.29, 1.82) is 0 Å². The molecular formula is C16H18N4O4. The van der Waals surface area contributed by atoms with Crippen LogP contribution in [0, 0.1) is 0 Å². The number of carbonyl (C=O) groups is 4. The van der Waals surface area contributed by atoms with Gasteiger partial charge in [-0.25, -0.2) is 0 Å². The van der Waals surface area contributed by atoms with Crippen molar-refractivity contribution in [3.63, 3.8) is 0 Å². The Morgan fingerprint density at radius 1 is 0.708 bits per heavy atom. The molecule has 0 N–H and O–H groups in total. The maximum Gasteiger partial charge on any atom is 0.187 e. The molecule has 1 aromatic rings. The molecule has 0 aliphatic heterocycles. The zero-order valence-corrected chi connectivity index (χ0v) is 13.9. The summed E-state index contributed by atoms with van der Waals surface area (Å²) in [4.78, 5) is 45.2. The minimum absolute atomic E-state index is 0.362. The SMILES string of the molecule is CC(=O)C(N=Nc1cccc(N=NC(C(C)=O)C(C)=O)c1)C(C)=O. The van der Waals surface area contributed by atoms with Crippen LogP contribution in [-0.4, -0.2) is 35.2 Å². The molecule has 0 radical (unpaired) electrons. The number of carbonyl (C=O) groups excluding carboxylic acids is 4. The summed E-state index contributed by atoms with van der Waals surface area (Å²) in [5.41, 5.74) is 0.724. The predicted octanol–water partition coefficient (Wildman–Crippen LogP) is 2.95. The minimum atomic E-state index is -1.13. The Hall–Kier alpha value is -2.90. The van der Waals surface area contributed by atoms with Crippen molar-refractivity contribution in [2.24, 2.45) is 20.5 Å². The Bertz CT molecular complexity index is 639. The van der Waals surface area contributed by atoms with Crippen LogP contribution in [0.15, 0.2) is 44.7 Å². The smallest absolute Gasteiger partial charge is 0.187 e. The molecule has 1 rings (SSSR count). The molecule has 0 fully saturated rings. The summed E-state index contributed by atoms with van der Waals surface area (Å²) in [5, 5.41) is 15.2. The highest BCUT2D eigenvalue weighted by atomic mass is 16.2. The molecule has 0 amide bonds. The molecular weight excluding hydrogens is 312 g/mol. The first kappa shape index (κ1) is 19.1. The quantitative estimate of drug-likeness (QED) is 0.537. The van der Waals surface area contributed by atoms with Gasteiger partial charge in [-0.15, -0.1) is 0 Å². The average Bonchev–Trinajstić information content (AvgIpc) is 2.46. The van der Waals surface area contributed by atoms with E-state index in [4.69, 9.17) is 0 Å². The van der Waals surface area contributed by atoms with E-state index in [9.17, 15) is 19.2 Å². The Labute approximate surface area is 139 Å². The lowest BCUT2D eigenvalue weighted by Gasteiger charge is -2.03. The van der Waals surface area contributed by atoms with Gasteiger partial charge in [-0.3, -0.25) is 19.2 Å². The van der Waals surface area contributed by atoms with Crippen molar-refractivity contribution in [1.82, 2.24) is 0 Å². The lowest BCUT2D eigenvalue weighted by atomic mass is 10.1. The molecule has 24 heavy (non-hydrogen) atoms. The second-order valence-electron chi connectivity index (χ2n) is 5.20. The van der Waals surface area contributed by atoms with Gasteiger partial charge in [0, 0.05) is 0 Å². The lowest BCUT2D eigenvalue weighted by molar-refractivity contribution is -0.128. The van der Waals surface area contributed by atoms with Crippen LogP contribution in [0.2, 0.25) is 0 Å². The van der Waals surface area contributed by atoms with Crippen molar-refractivity contribution in [3.05, 3.63) is 24.3 Å². The molecule has 0 heterocycles. The fraction of sp³-hybridized carbons (Fsp3) is 0.375. The highest BCUT2D eigenvalue weighted by Crippen LogP contribution is 2.22. The van der Waals surface area contributed by atoms with E-state index < -0.39 is 35.2 Å². The third kappa shape index (κ3) is 5.71. The van der Waals surface area contributed by atoms with Crippen LogP contribution in [0.5, 0.6) is 0 Å². The first-order valence-corrected chi connectivity index (χ1v) is 7.16. The maximum absolute atomic E-state index is 11.3.